The molecule has 0 fully saturated rings. The third-order valence-corrected chi connectivity index (χ3v) is 5.16. The third kappa shape index (κ3) is 3.63. The van der Waals surface area contributed by atoms with Crippen LogP contribution in [0.2, 0.25) is 0 Å². The average molecular weight is 482 g/mol. The van der Waals surface area contributed by atoms with Gasteiger partial charge in [-0.05, 0) is 73.3 Å². The number of hydrogen-bond acceptors (Lipinski definition) is 3. The fourth-order valence-electron chi connectivity index (χ4n) is 2.01. The molecule has 0 saturated heterocycles. The van der Waals surface area contributed by atoms with Crippen molar-refractivity contribution in [2.45, 2.75) is 33.4 Å². The van der Waals surface area contributed by atoms with Crippen LogP contribution in [-0.2, 0) is 19.6 Å². The molecule has 0 radical (unpaired) electrons. The van der Waals surface area contributed by atoms with Gasteiger partial charge in [-0.25, -0.2) is 0 Å². The van der Waals surface area contributed by atoms with E-state index in [2.05, 4.69) is 66.7 Å². The number of nitrogens with two attached hydrogens (primary N) is 1. The molecule has 21 heavy (non-hydrogen) atoms. The number of nitrogen functional groups attached to an aromatic ring is 1. The fourth-order valence-corrected chi connectivity index (χ4v) is 4.14. The van der Waals surface area contributed by atoms with E-state index < -0.39 is 0 Å². The predicted molar refractivity (Wildman–Crippen MR) is 95.6 cm³/mol. The van der Waals surface area contributed by atoms with Gasteiger partial charge in [-0.1, -0.05) is 6.92 Å². The van der Waals surface area contributed by atoms with Gasteiger partial charge in [-0.15, -0.1) is 0 Å². The van der Waals surface area contributed by atoms with E-state index in [1.54, 1.807) is 0 Å². The normalized spacial score (nSPS) is 10.9. The number of aromatic nitrogens is 2. The minimum absolute atomic E-state index is 0.433. The van der Waals surface area contributed by atoms with Gasteiger partial charge in [0.05, 0.1) is 24.8 Å². The molecule has 2 N–H and O–H groups in total. The molecule has 0 bridgehead atoms. The Morgan fingerprint density at radius 1 is 1.19 bits per heavy atom. The Bertz CT molecular complexity index is 632. The minimum Gasteiger partial charge on any atom is -0.485 e. The van der Waals surface area contributed by atoms with Crippen LogP contribution in [0.15, 0.2) is 25.6 Å². The first-order valence-corrected chi connectivity index (χ1v) is 8.97. The molecule has 4 nitrogen and oxygen atoms in total. The van der Waals surface area contributed by atoms with Crippen molar-refractivity contribution in [3.63, 3.8) is 0 Å². The zero-order chi connectivity index (χ0) is 15.6. The first-order valence-electron chi connectivity index (χ1n) is 6.59. The summed E-state index contributed by atoms with van der Waals surface area (Å²) in [6, 6.07) is 3.65. The summed E-state index contributed by atoms with van der Waals surface area (Å²) in [5, 5.41) is 4.56. The minimum atomic E-state index is 0.433. The third-order valence-electron chi connectivity index (χ3n) is 3.07. The highest BCUT2D eigenvalue weighted by molar-refractivity contribution is 9.11. The average Bonchev–Trinajstić information content (AvgIpc) is 2.73. The molecule has 2 rings (SSSR count). The van der Waals surface area contributed by atoms with Gasteiger partial charge in [-0.2, -0.15) is 5.10 Å². The van der Waals surface area contributed by atoms with Crippen molar-refractivity contribution < 1.29 is 4.74 Å². The van der Waals surface area contributed by atoms with Crippen molar-refractivity contribution in [1.82, 2.24) is 9.78 Å². The Balaban J connectivity index is 2.26. The molecule has 0 saturated carbocycles. The summed E-state index contributed by atoms with van der Waals surface area (Å²) in [6.45, 7) is 5.40. The lowest BCUT2D eigenvalue weighted by molar-refractivity contribution is 0.288. The molecule has 1 heterocycles. The Hall–Kier alpha value is -0.530. The van der Waals surface area contributed by atoms with Gasteiger partial charge in [0.1, 0.15) is 12.4 Å². The lowest BCUT2D eigenvalue weighted by Crippen LogP contribution is -2.07. The molecule has 114 valence electrons. The summed E-state index contributed by atoms with van der Waals surface area (Å²) >= 11 is 10.6. The standard InChI is InChI=1S/C14H16Br3N3O/c1-3-11-13(17)12(20(4-2)19-11)7-21-14-9(15)5-8(18)6-10(14)16/h5-6H,3-4,7,18H2,1-2H3. The Kier molecular flexibility index (Phi) is 5.73. The highest BCUT2D eigenvalue weighted by Crippen LogP contribution is 2.36. The SMILES string of the molecule is CCc1nn(CC)c(COc2c(Br)cc(N)cc2Br)c1Br. The largest absolute Gasteiger partial charge is 0.485 e. The molecule has 0 unspecified atom stereocenters. The summed E-state index contributed by atoms with van der Waals surface area (Å²) in [7, 11) is 0. The maximum atomic E-state index is 5.95. The van der Waals surface area contributed by atoms with E-state index in [0.29, 0.717) is 12.3 Å². The van der Waals surface area contributed by atoms with Crippen LogP contribution in [-0.4, -0.2) is 9.78 Å². The summed E-state index contributed by atoms with van der Waals surface area (Å²) in [4.78, 5) is 0. The number of rotatable bonds is 5. The van der Waals surface area contributed by atoms with Crippen LogP contribution in [0.1, 0.15) is 25.2 Å². The van der Waals surface area contributed by atoms with Gasteiger partial charge in [0.2, 0.25) is 0 Å². The van der Waals surface area contributed by atoms with Crippen LogP contribution in [0, 0.1) is 0 Å². The first-order chi connectivity index (χ1) is 9.97. The lowest BCUT2D eigenvalue weighted by atomic mass is 10.3. The summed E-state index contributed by atoms with van der Waals surface area (Å²) in [5.74, 6) is 0.734. The van der Waals surface area contributed by atoms with Gasteiger partial charge in [0.25, 0.3) is 0 Å². The second-order valence-corrected chi connectivity index (χ2v) is 6.98. The second kappa shape index (κ2) is 7.15. The molecule has 1 aromatic heterocycles. The number of ether oxygens (including phenoxy) is 1. The van der Waals surface area contributed by atoms with Crippen molar-refractivity contribution >= 4 is 53.5 Å². The highest BCUT2D eigenvalue weighted by Gasteiger charge is 2.16. The highest BCUT2D eigenvalue weighted by atomic mass is 79.9. The summed E-state index contributed by atoms with van der Waals surface area (Å²) in [5.41, 5.74) is 8.54. The smallest absolute Gasteiger partial charge is 0.148 e. The van der Waals surface area contributed by atoms with E-state index in [9.17, 15) is 0 Å². The predicted octanol–water partition coefficient (Wildman–Crippen LogP) is 4.91. The Morgan fingerprint density at radius 2 is 1.81 bits per heavy atom. The number of hydrogen-bond donors (Lipinski definition) is 1. The molecule has 0 aliphatic carbocycles. The zero-order valence-electron chi connectivity index (χ0n) is 11.8. The number of benzene rings is 1. The molecule has 0 amide bonds. The van der Waals surface area contributed by atoms with E-state index in [1.165, 1.54) is 0 Å². The second-order valence-electron chi connectivity index (χ2n) is 4.48. The molecule has 0 aliphatic heterocycles. The van der Waals surface area contributed by atoms with Crippen LogP contribution in [0.3, 0.4) is 0 Å². The van der Waals surface area contributed by atoms with E-state index in [-0.39, 0.29) is 0 Å². The summed E-state index contributed by atoms with van der Waals surface area (Å²) in [6.07, 6.45) is 0.885. The fraction of sp³-hybridized carbons (Fsp3) is 0.357. The van der Waals surface area contributed by atoms with Crippen LogP contribution in [0.4, 0.5) is 5.69 Å². The van der Waals surface area contributed by atoms with E-state index in [4.69, 9.17) is 10.5 Å². The molecule has 0 atom stereocenters. The van der Waals surface area contributed by atoms with Gasteiger partial charge in [0, 0.05) is 12.2 Å². The topological polar surface area (TPSA) is 53.1 Å². The molecular formula is C14H16Br3N3O. The van der Waals surface area contributed by atoms with Gasteiger partial charge >= 0.3 is 0 Å². The van der Waals surface area contributed by atoms with E-state index in [1.807, 2.05) is 16.8 Å². The molecule has 7 heteroatoms. The van der Waals surface area contributed by atoms with Gasteiger partial charge < -0.3 is 10.5 Å². The van der Waals surface area contributed by atoms with E-state index >= 15 is 0 Å². The van der Waals surface area contributed by atoms with Crippen LogP contribution < -0.4 is 10.5 Å². The van der Waals surface area contributed by atoms with Crippen molar-refractivity contribution in [3.8, 4) is 5.75 Å². The van der Waals surface area contributed by atoms with Crippen molar-refractivity contribution in [2.24, 2.45) is 0 Å². The van der Waals surface area contributed by atoms with E-state index in [0.717, 1.165) is 43.5 Å². The van der Waals surface area contributed by atoms with Gasteiger partial charge in [-0.3, -0.25) is 4.68 Å². The molecule has 0 spiro atoms. The zero-order valence-corrected chi connectivity index (χ0v) is 16.5. The monoisotopic (exact) mass is 479 g/mol. The Labute approximate surface area is 149 Å². The maximum absolute atomic E-state index is 5.95. The maximum Gasteiger partial charge on any atom is 0.148 e. The summed E-state index contributed by atoms with van der Waals surface area (Å²) < 4.78 is 10.6. The molecule has 0 aliphatic rings. The van der Waals surface area contributed by atoms with Crippen molar-refractivity contribution in [3.05, 3.63) is 36.9 Å². The van der Waals surface area contributed by atoms with Gasteiger partial charge in [0.15, 0.2) is 0 Å². The first kappa shape index (κ1) is 16.8. The number of halogens is 3. The van der Waals surface area contributed by atoms with Crippen LogP contribution in [0.25, 0.3) is 0 Å². The quantitative estimate of drug-likeness (QED) is 0.617. The van der Waals surface area contributed by atoms with Crippen LogP contribution in [0.5, 0.6) is 5.75 Å². The molecular weight excluding hydrogens is 466 g/mol. The van der Waals surface area contributed by atoms with Crippen molar-refractivity contribution in [2.75, 3.05) is 5.73 Å². The van der Waals surface area contributed by atoms with Crippen LogP contribution >= 0.6 is 47.8 Å². The lowest BCUT2D eigenvalue weighted by Gasteiger charge is -2.12. The molecule has 1 aromatic carbocycles. The Morgan fingerprint density at radius 3 is 2.33 bits per heavy atom. The molecule has 2 aromatic rings. The number of anilines is 1. The number of nitrogens with zero attached hydrogens (tertiary/aromatic N) is 2. The number of aryl methyl sites for hydroxylation is 2. The van der Waals surface area contributed by atoms with Crippen molar-refractivity contribution in [1.29, 1.82) is 0 Å².